The molecule has 0 aliphatic heterocycles. The summed E-state index contributed by atoms with van der Waals surface area (Å²) in [6.45, 7) is 8.93. The molecule has 0 fully saturated rings. The van der Waals surface area contributed by atoms with Crippen LogP contribution in [0.5, 0.6) is 0 Å². The fraction of sp³-hybridized carbons (Fsp3) is 0.750. The normalized spacial score (nSPS) is 11.2. The molecule has 1 heterocycles. The van der Waals surface area contributed by atoms with Crippen molar-refractivity contribution in [2.45, 2.75) is 34.0 Å². The Kier molecular flexibility index (Phi) is 5.88. The Morgan fingerprint density at radius 3 is 2.65 bits per heavy atom. The first-order chi connectivity index (χ1) is 8.12. The molecule has 1 aromatic rings. The molecule has 1 rings (SSSR count). The third-order valence-corrected chi connectivity index (χ3v) is 3.57. The van der Waals surface area contributed by atoms with E-state index in [1.54, 1.807) is 18.4 Å². The SMILES string of the molecule is CCN(CC(C)C)c1nc(COC)c(CO)s1. The summed E-state index contributed by atoms with van der Waals surface area (Å²) >= 11 is 1.56. The van der Waals surface area contributed by atoms with Gasteiger partial charge in [-0.1, -0.05) is 25.2 Å². The second kappa shape index (κ2) is 6.93. The quantitative estimate of drug-likeness (QED) is 0.815. The van der Waals surface area contributed by atoms with Crippen molar-refractivity contribution < 1.29 is 9.84 Å². The highest BCUT2D eigenvalue weighted by Gasteiger charge is 2.15. The van der Waals surface area contributed by atoms with Crippen molar-refractivity contribution in [3.63, 3.8) is 0 Å². The van der Waals surface area contributed by atoms with Gasteiger partial charge in [0.2, 0.25) is 0 Å². The highest BCUT2D eigenvalue weighted by molar-refractivity contribution is 7.15. The minimum atomic E-state index is 0.0373. The molecule has 0 amide bonds. The number of hydrogen-bond acceptors (Lipinski definition) is 5. The third kappa shape index (κ3) is 3.94. The molecular weight excluding hydrogens is 236 g/mol. The smallest absolute Gasteiger partial charge is 0.185 e. The molecule has 98 valence electrons. The number of hydrogen-bond donors (Lipinski definition) is 1. The van der Waals surface area contributed by atoms with Gasteiger partial charge in [0.1, 0.15) is 0 Å². The maximum Gasteiger partial charge on any atom is 0.185 e. The van der Waals surface area contributed by atoms with Crippen LogP contribution in [0.2, 0.25) is 0 Å². The number of nitrogens with zero attached hydrogens (tertiary/aromatic N) is 2. The molecule has 0 aliphatic carbocycles. The zero-order chi connectivity index (χ0) is 12.8. The number of rotatable bonds is 7. The Hall–Kier alpha value is -0.650. The summed E-state index contributed by atoms with van der Waals surface area (Å²) in [6, 6.07) is 0. The zero-order valence-corrected chi connectivity index (χ0v) is 11.9. The van der Waals surface area contributed by atoms with Crippen LogP contribution in [-0.4, -0.2) is 30.3 Å². The van der Waals surface area contributed by atoms with Crippen molar-refractivity contribution in [1.82, 2.24) is 4.98 Å². The fourth-order valence-corrected chi connectivity index (χ4v) is 2.66. The van der Waals surface area contributed by atoms with E-state index in [9.17, 15) is 5.11 Å². The first-order valence-electron chi connectivity index (χ1n) is 5.95. The third-order valence-electron chi connectivity index (χ3n) is 2.43. The molecule has 0 radical (unpaired) electrons. The van der Waals surface area contributed by atoms with E-state index in [4.69, 9.17) is 4.74 Å². The van der Waals surface area contributed by atoms with E-state index >= 15 is 0 Å². The lowest BCUT2D eigenvalue weighted by molar-refractivity contribution is 0.179. The molecule has 17 heavy (non-hydrogen) atoms. The molecule has 0 atom stereocenters. The van der Waals surface area contributed by atoms with Gasteiger partial charge in [-0.05, 0) is 12.8 Å². The van der Waals surface area contributed by atoms with E-state index in [0.717, 1.165) is 28.8 Å². The van der Waals surface area contributed by atoms with Crippen LogP contribution in [0.15, 0.2) is 0 Å². The molecule has 0 saturated carbocycles. The summed E-state index contributed by atoms with van der Waals surface area (Å²) in [5.74, 6) is 0.599. The van der Waals surface area contributed by atoms with Crippen LogP contribution in [-0.2, 0) is 18.0 Å². The number of methoxy groups -OCH3 is 1. The largest absolute Gasteiger partial charge is 0.391 e. The second-order valence-corrected chi connectivity index (χ2v) is 5.45. The monoisotopic (exact) mass is 258 g/mol. The molecule has 0 bridgehead atoms. The van der Waals surface area contributed by atoms with Crippen LogP contribution in [0, 0.1) is 5.92 Å². The summed E-state index contributed by atoms with van der Waals surface area (Å²) in [4.78, 5) is 7.70. The van der Waals surface area contributed by atoms with E-state index in [0.29, 0.717) is 12.5 Å². The van der Waals surface area contributed by atoms with Gasteiger partial charge in [-0.2, -0.15) is 0 Å². The number of aliphatic hydroxyl groups is 1. The number of anilines is 1. The maximum atomic E-state index is 9.29. The van der Waals surface area contributed by atoms with Crippen LogP contribution in [0.1, 0.15) is 31.3 Å². The molecular formula is C12H22N2O2S. The Morgan fingerprint density at radius 2 is 2.18 bits per heavy atom. The summed E-state index contributed by atoms with van der Waals surface area (Å²) in [7, 11) is 1.64. The molecule has 0 spiro atoms. The van der Waals surface area contributed by atoms with Crippen LogP contribution in [0.25, 0.3) is 0 Å². The summed E-state index contributed by atoms with van der Waals surface area (Å²) in [5, 5.41) is 10.3. The van der Waals surface area contributed by atoms with Gasteiger partial charge in [0.15, 0.2) is 5.13 Å². The zero-order valence-electron chi connectivity index (χ0n) is 11.1. The molecule has 0 aliphatic rings. The van der Waals surface area contributed by atoms with E-state index in [-0.39, 0.29) is 6.61 Å². The van der Waals surface area contributed by atoms with Crippen molar-refractivity contribution in [1.29, 1.82) is 0 Å². The van der Waals surface area contributed by atoms with Gasteiger partial charge in [-0.15, -0.1) is 0 Å². The predicted molar refractivity (Wildman–Crippen MR) is 71.5 cm³/mol. The standard InChI is InChI=1S/C12H22N2O2S/c1-5-14(6-9(2)3)12-13-10(8-16-4)11(7-15)17-12/h9,15H,5-8H2,1-4H3. The summed E-state index contributed by atoms with van der Waals surface area (Å²) < 4.78 is 5.09. The summed E-state index contributed by atoms with van der Waals surface area (Å²) in [6.07, 6.45) is 0. The number of aromatic nitrogens is 1. The first kappa shape index (κ1) is 14.4. The van der Waals surface area contributed by atoms with Gasteiger partial charge in [0, 0.05) is 20.2 Å². The van der Waals surface area contributed by atoms with Gasteiger partial charge in [-0.25, -0.2) is 4.98 Å². The molecule has 1 N–H and O–H groups in total. The van der Waals surface area contributed by atoms with Crippen LogP contribution < -0.4 is 4.90 Å². The van der Waals surface area contributed by atoms with E-state index in [2.05, 4.69) is 30.7 Å². The van der Waals surface area contributed by atoms with Gasteiger partial charge < -0.3 is 14.7 Å². The highest BCUT2D eigenvalue weighted by Crippen LogP contribution is 2.27. The molecule has 1 aromatic heterocycles. The fourth-order valence-electron chi connectivity index (χ4n) is 1.66. The number of ether oxygens (including phenoxy) is 1. The minimum Gasteiger partial charge on any atom is -0.391 e. The molecule has 4 nitrogen and oxygen atoms in total. The van der Waals surface area contributed by atoms with Crippen LogP contribution in [0.4, 0.5) is 5.13 Å². The summed E-state index contributed by atoms with van der Waals surface area (Å²) in [5.41, 5.74) is 0.859. The molecule has 0 saturated heterocycles. The van der Waals surface area contributed by atoms with Crippen molar-refractivity contribution >= 4 is 16.5 Å². The second-order valence-electron chi connectivity index (χ2n) is 4.39. The molecule has 0 unspecified atom stereocenters. The average Bonchev–Trinajstić information content (AvgIpc) is 2.69. The first-order valence-corrected chi connectivity index (χ1v) is 6.77. The van der Waals surface area contributed by atoms with Gasteiger partial charge in [0.05, 0.1) is 23.8 Å². The van der Waals surface area contributed by atoms with Crippen molar-refractivity contribution in [2.75, 3.05) is 25.1 Å². The van der Waals surface area contributed by atoms with E-state index < -0.39 is 0 Å². The van der Waals surface area contributed by atoms with E-state index in [1.807, 2.05) is 0 Å². The Morgan fingerprint density at radius 1 is 1.47 bits per heavy atom. The Bertz CT molecular complexity index is 339. The Balaban J connectivity index is 2.88. The topological polar surface area (TPSA) is 45.6 Å². The molecule has 0 aromatic carbocycles. The van der Waals surface area contributed by atoms with Crippen LogP contribution >= 0.6 is 11.3 Å². The average molecular weight is 258 g/mol. The maximum absolute atomic E-state index is 9.29. The number of thiazole rings is 1. The van der Waals surface area contributed by atoms with Gasteiger partial charge >= 0.3 is 0 Å². The van der Waals surface area contributed by atoms with Crippen molar-refractivity contribution in [3.8, 4) is 0 Å². The van der Waals surface area contributed by atoms with E-state index in [1.165, 1.54) is 0 Å². The lowest BCUT2D eigenvalue weighted by Gasteiger charge is -2.21. The Labute approximate surface area is 107 Å². The minimum absolute atomic E-state index is 0.0373. The van der Waals surface area contributed by atoms with Gasteiger partial charge in [-0.3, -0.25) is 0 Å². The van der Waals surface area contributed by atoms with Gasteiger partial charge in [0.25, 0.3) is 0 Å². The molecule has 5 heteroatoms. The van der Waals surface area contributed by atoms with Crippen molar-refractivity contribution in [2.24, 2.45) is 5.92 Å². The van der Waals surface area contributed by atoms with Crippen molar-refractivity contribution in [3.05, 3.63) is 10.6 Å². The lowest BCUT2D eigenvalue weighted by Crippen LogP contribution is -2.27. The predicted octanol–water partition coefficient (Wildman–Crippen LogP) is 2.26. The highest BCUT2D eigenvalue weighted by atomic mass is 32.1. The lowest BCUT2D eigenvalue weighted by atomic mass is 10.2. The number of aliphatic hydroxyl groups excluding tert-OH is 1. The van der Waals surface area contributed by atoms with Crippen LogP contribution in [0.3, 0.4) is 0 Å².